The molecule has 2 unspecified atom stereocenters. The van der Waals surface area contributed by atoms with Gasteiger partial charge in [-0.3, -0.25) is 37.3 Å². The monoisotopic (exact) mass is 1460 g/mol. The van der Waals surface area contributed by atoms with E-state index in [1.165, 1.54) is 154 Å². The van der Waals surface area contributed by atoms with E-state index in [4.69, 9.17) is 37.0 Å². The number of esters is 4. The van der Waals surface area contributed by atoms with Gasteiger partial charge in [0.2, 0.25) is 0 Å². The lowest BCUT2D eigenvalue weighted by Crippen LogP contribution is -2.30. The van der Waals surface area contributed by atoms with E-state index in [1.54, 1.807) is 0 Å². The van der Waals surface area contributed by atoms with Gasteiger partial charge in [0.05, 0.1) is 26.4 Å². The van der Waals surface area contributed by atoms with Crippen LogP contribution in [0.15, 0.2) is 48.6 Å². The van der Waals surface area contributed by atoms with Crippen LogP contribution >= 0.6 is 15.6 Å². The van der Waals surface area contributed by atoms with E-state index in [0.717, 1.165) is 154 Å². The van der Waals surface area contributed by atoms with Gasteiger partial charge in [-0.25, -0.2) is 9.13 Å². The molecule has 586 valence electrons. The van der Waals surface area contributed by atoms with E-state index in [2.05, 4.69) is 76.3 Å². The minimum Gasteiger partial charge on any atom is -0.462 e. The highest BCUT2D eigenvalue weighted by atomic mass is 31.2. The summed E-state index contributed by atoms with van der Waals surface area (Å²) in [5, 5.41) is 10.6. The Morgan fingerprint density at radius 2 is 0.460 bits per heavy atom. The summed E-state index contributed by atoms with van der Waals surface area (Å²) >= 11 is 0. The first-order valence-electron chi connectivity index (χ1n) is 40.9. The Kier molecular flexibility index (Phi) is 72.1. The second-order valence-corrected chi connectivity index (χ2v) is 30.6. The summed E-state index contributed by atoms with van der Waals surface area (Å²) in [6.07, 6.45) is 72.2. The Labute approximate surface area is 610 Å². The van der Waals surface area contributed by atoms with Crippen LogP contribution in [0.2, 0.25) is 0 Å². The highest BCUT2D eigenvalue weighted by molar-refractivity contribution is 7.47. The summed E-state index contributed by atoms with van der Waals surface area (Å²) in [5.74, 6) is -2.17. The molecule has 0 radical (unpaired) electrons. The van der Waals surface area contributed by atoms with Crippen LogP contribution in [0.3, 0.4) is 0 Å². The lowest BCUT2D eigenvalue weighted by Gasteiger charge is -2.21. The van der Waals surface area contributed by atoms with Gasteiger partial charge in [-0.15, -0.1) is 0 Å². The van der Waals surface area contributed by atoms with Crippen molar-refractivity contribution in [3.8, 4) is 0 Å². The number of allylic oxidation sites excluding steroid dienone is 8. The van der Waals surface area contributed by atoms with Gasteiger partial charge in [0, 0.05) is 25.7 Å². The number of carbonyl (C=O) groups excluding carboxylic acids is 4. The maximum atomic E-state index is 13.1. The Morgan fingerprint density at radius 1 is 0.270 bits per heavy atom. The average Bonchev–Trinajstić information content (AvgIpc) is 1.01. The number of unbranched alkanes of at least 4 members (excludes halogenated alkanes) is 44. The van der Waals surface area contributed by atoms with Crippen LogP contribution in [0, 0.1) is 0 Å². The van der Waals surface area contributed by atoms with Crippen molar-refractivity contribution in [1.82, 2.24) is 0 Å². The van der Waals surface area contributed by atoms with Crippen LogP contribution in [0.4, 0.5) is 0 Å². The third kappa shape index (κ3) is 73.3. The SMILES string of the molecule is CCCCCCCCC=CCCCCCCCC(=O)OC[C@H](COP(=O)(O)OCC(O)COP(=O)(O)OC[C@@H](COC(=O)CCCCCCCC=CCCCCCCCC)OC(=O)CCCCCCCC=CCCCCCCCC)OC(=O)CCCCCCCC=CCCCCCCCC. The molecule has 0 saturated heterocycles. The molecule has 0 fully saturated rings. The quantitative estimate of drug-likeness (QED) is 0.0169. The number of phosphoric ester groups is 2. The number of ether oxygens (including phenoxy) is 4. The topological polar surface area (TPSA) is 237 Å². The lowest BCUT2D eigenvalue weighted by atomic mass is 10.1. The molecule has 4 atom stereocenters. The number of rotatable bonds is 78. The van der Waals surface area contributed by atoms with Crippen LogP contribution in [0.25, 0.3) is 0 Å². The first-order valence-corrected chi connectivity index (χ1v) is 43.9. The van der Waals surface area contributed by atoms with E-state index >= 15 is 0 Å². The van der Waals surface area contributed by atoms with Gasteiger partial charge >= 0.3 is 39.5 Å². The molecule has 0 aliphatic rings. The number of hydrogen-bond donors (Lipinski definition) is 3. The molecule has 0 saturated carbocycles. The largest absolute Gasteiger partial charge is 0.472 e. The zero-order chi connectivity index (χ0) is 73.2. The van der Waals surface area contributed by atoms with E-state index < -0.39 is 97.5 Å². The van der Waals surface area contributed by atoms with Crippen molar-refractivity contribution in [2.45, 2.75) is 406 Å². The van der Waals surface area contributed by atoms with Gasteiger partial charge in [0.1, 0.15) is 19.3 Å². The molecule has 0 aliphatic heterocycles. The van der Waals surface area contributed by atoms with Crippen LogP contribution in [0.1, 0.15) is 387 Å². The molecule has 0 aromatic heterocycles. The Balaban J connectivity index is 5.34. The van der Waals surface area contributed by atoms with Crippen molar-refractivity contribution >= 4 is 39.5 Å². The van der Waals surface area contributed by atoms with E-state index in [-0.39, 0.29) is 25.7 Å². The minimum atomic E-state index is -4.97. The molecular formula is C81H150O17P2. The fraction of sp³-hybridized carbons (Fsp3) is 0.852. The van der Waals surface area contributed by atoms with E-state index in [9.17, 15) is 43.2 Å². The van der Waals surface area contributed by atoms with Crippen molar-refractivity contribution in [3.05, 3.63) is 48.6 Å². The highest BCUT2D eigenvalue weighted by Crippen LogP contribution is 2.45. The molecule has 0 bridgehead atoms. The van der Waals surface area contributed by atoms with Crippen molar-refractivity contribution < 1.29 is 80.2 Å². The first kappa shape index (κ1) is 97.0. The predicted octanol–water partition coefficient (Wildman–Crippen LogP) is 23.7. The zero-order valence-corrected chi connectivity index (χ0v) is 65.9. The number of aliphatic hydroxyl groups excluding tert-OH is 1. The summed E-state index contributed by atoms with van der Waals surface area (Å²) in [7, 11) is -9.95. The molecule has 0 aliphatic carbocycles. The Morgan fingerprint density at radius 3 is 0.690 bits per heavy atom. The number of phosphoric acid groups is 2. The third-order valence-electron chi connectivity index (χ3n) is 17.7. The standard InChI is InChI=1S/C81H150O17P2/c1-5-9-13-17-21-25-29-33-37-41-45-49-53-57-61-65-78(83)91-71-76(97-80(85)67-63-59-55-51-47-43-39-35-31-27-23-19-15-11-7-3)73-95-99(87,88)93-69-75(82)70-94-100(89,90)96-74-77(98-81(86)68-64-60-56-52-48-44-40-36-32-28-24-20-16-12-8-4)72-92-79(84)66-62-58-54-50-46-42-38-34-30-26-22-18-14-10-6-2/h33-40,75-77,82H,5-32,41-74H2,1-4H3,(H,87,88)(H,89,90)/t75?,76-,77-/m1/s1. The van der Waals surface area contributed by atoms with Crippen molar-refractivity contribution in [3.63, 3.8) is 0 Å². The fourth-order valence-corrected chi connectivity index (χ4v) is 13.0. The maximum Gasteiger partial charge on any atom is 0.472 e. The molecule has 17 nitrogen and oxygen atoms in total. The summed E-state index contributed by atoms with van der Waals surface area (Å²) < 4.78 is 68.6. The van der Waals surface area contributed by atoms with Gasteiger partial charge in [0.25, 0.3) is 0 Å². The summed E-state index contributed by atoms with van der Waals surface area (Å²) in [6, 6.07) is 0. The summed E-state index contributed by atoms with van der Waals surface area (Å²) in [5.41, 5.74) is 0. The zero-order valence-electron chi connectivity index (χ0n) is 64.1. The van der Waals surface area contributed by atoms with Crippen LogP contribution < -0.4 is 0 Å². The molecule has 3 N–H and O–H groups in total. The summed E-state index contributed by atoms with van der Waals surface area (Å²) in [6.45, 7) is 4.90. The highest BCUT2D eigenvalue weighted by Gasteiger charge is 2.30. The van der Waals surface area contributed by atoms with Crippen LogP contribution in [-0.4, -0.2) is 96.7 Å². The Bertz CT molecular complexity index is 1940. The van der Waals surface area contributed by atoms with Crippen LogP contribution in [-0.2, 0) is 65.4 Å². The molecule has 0 aromatic rings. The first-order chi connectivity index (χ1) is 48.7. The molecule has 19 heteroatoms. The Hall–Kier alpha value is -2.98. The minimum absolute atomic E-state index is 0.0884. The van der Waals surface area contributed by atoms with Gasteiger partial charge in [0.15, 0.2) is 12.2 Å². The van der Waals surface area contributed by atoms with E-state index in [0.29, 0.717) is 25.7 Å². The molecule has 0 heterocycles. The normalized spacial score (nSPS) is 14.1. The number of hydrogen-bond acceptors (Lipinski definition) is 15. The molecule has 0 aromatic carbocycles. The number of carbonyl (C=O) groups is 4. The van der Waals surface area contributed by atoms with Gasteiger partial charge in [-0.2, -0.15) is 0 Å². The van der Waals surface area contributed by atoms with Crippen molar-refractivity contribution in [1.29, 1.82) is 0 Å². The summed E-state index contributed by atoms with van der Waals surface area (Å²) in [4.78, 5) is 73.0. The maximum absolute atomic E-state index is 13.1. The van der Waals surface area contributed by atoms with Crippen molar-refractivity contribution in [2.75, 3.05) is 39.6 Å². The molecular weight excluding hydrogens is 1310 g/mol. The van der Waals surface area contributed by atoms with Crippen LogP contribution in [0.5, 0.6) is 0 Å². The smallest absolute Gasteiger partial charge is 0.462 e. The molecule has 0 amide bonds. The third-order valence-corrected chi connectivity index (χ3v) is 19.6. The second kappa shape index (κ2) is 74.3. The van der Waals surface area contributed by atoms with E-state index in [1.807, 2.05) is 0 Å². The van der Waals surface area contributed by atoms with Gasteiger partial charge < -0.3 is 33.8 Å². The second-order valence-electron chi connectivity index (χ2n) is 27.7. The van der Waals surface area contributed by atoms with Gasteiger partial charge in [-0.1, -0.05) is 282 Å². The molecule has 0 rings (SSSR count). The lowest BCUT2D eigenvalue weighted by molar-refractivity contribution is -0.161. The fourth-order valence-electron chi connectivity index (χ4n) is 11.4. The van der Waals surface area contributed by atoms with Gasteiger partial charge in [-0.05, 0) is 128 Å². The molecule has 100 heavy (non-hydrogen) atoms. The van der Waals surface area contributed by atoms with Crippen molar-refractivity contribution in [2.24, 2.45) is 0 Å². The predicted molar refractivity (Wildman–Crippen MR) is 409 cm³/mol. The average molecular weight is 1460 g/mol. The number of aliphatic hydroxyl groups is 1. The molecule has 0 spiro atoms.